The van der Waals surface area contributed by atoms with Gasteiger partial charge in [-0.2, -0.15) is 0 Å². The highest BCUT2D eigenvalue weighted by molar-refractivity contribution is 5.61. The SMILES string of the molecule is NCCC1CCN(c2ncc(-c3ccccc3)cn2)C1. The Morgan fingerprint density at radius 3 is 2.55 bits per heavy atom. The average Bonchev–Trinajstić information content (AvgIpc) is 2.97. The van der Waals surface area contributed by atoms with Crippen LogP contribution in [0, 0.1) is 5.92 Å². The first-order valence-electron chi connectivity index (χ1n) is 7.19. The van der Waals surface area contributed by atoms with Crippen molar-refractivity contribution < 1.29 is 0 Å². The van der Waals surface area contributed by atoms with Crippen LogP contribution in [0.2, 0.25) is 0 Å². The van der Waals surface area contributed by atoms with Gasteiger partial charge in [-0.05, 0) is 30.9 Å². The van der Waals surface area contributed by atoms with Crippen LogP contribution in [-0.2, 0) is 0 Å². The molecule has 0 aliphatic carbocycles. The second-order valence-corrected chi connectivity index (χ2v) is 5.32. The van der Waals surface area contributed by atoms with Gasteiger partial charge in [-0.1, -0.05) is 30.3 Å². The summed E-state index contributed by atoms with van der Waals surface area (Å²) in [7, 11) is 0. The molecule has 1 aromatic carbocycles. The molecule has 0 saturated carbocycles. The lowest BCUT2D eigenvalue weighted by atomic mass is 10.1. The highest BCUT2D eigenvalue weighted by Gasteiger charge is 2.23. The number of anilines is 1. The quantitative estimate of drug-likeness (QED) is 0.924. The van der Waals surface area contributed by atoms with Crippen molar-refractivity contribution >= 4 is 5.95 Å². The normalized spacial score (nSPS) is 18.4. The molecular formula is C16H20N4. The molecule has 2 heterocycles. The molecule has 0 amide bonds. The van der Waals surface area contributed by atoms with Crippen LogP contribution in [0.25, 0.3) is 11.1 Å². The maximum Gasteiger partial charge on any atom is 0.225 e. The van der Waals surface area contributed by atoms with E-state index in [1.54, 1.807) is 0 Å². The van der Waals surface area contributed by atoms with Crippen molar-refractivity contribution in [2.75, 3.05) is 24.5 Å². The molecule has 1 unspecified atom stereocenters. The van der Waals surface area contributed by atoms with Crippen LogP contribution in [0.4, 0.5) is 5.95 Å². The van der Waals surface area contributed by atoms with Crippen molar-refractivity contribution in [2.45, 2.75) is 12.8 Å². The van der Waals surface area contributed by atoms with Gasteiger partial charge in [0.1, 0.15) is 0 Å². The smallest absolute Gasteiger partial charge is 0.225 e. The maximum atomic E-state index is 5.63. The molecule has 1 aliphatic heterocycles. The average molecular weight is 268 g/mol. The van der Waals surface area contributed by atoms with Crippen LogP contribution in [0.15, 0.2) is 42.7 Å². The summed E-state index contributed by atoms with van der Waals surface area (Å²) < 4.78 is 0. The molecule has 4 nitrogen and oxygen atoms in total. The van der Waals surface area contributed by atoms with Crippen molar-refractivity contribution in [3.8, 4) is 11.1 Å². The van der Waals surface area contributed by atoms with Gasteiger partial charge < -0.3 is 10.6 Å². The largest absolute Gasteiger partial charge is 0.341 e. The number of hydrogen-bond donors (Lipinski definition) is 1. The first kappa shape index (κ1) is 13.1. The zero-order chi connectivity index (χ0) is 13.8. The zero-order valence-electron chi connectivity index (χ0n) is 11.6. The molecule has 2 aromatic rings. The van der Waals surface area contributed by atoms with E-state index in [2.05, 4.69) is 27.0 Å². The topological polar surface area (TPSA) is 55.0 Å². The molecule has 1 fully saturated rings. The molecule has 1 aliphatic rings. The maximum absolute atomic E-state index is 5.63. The van der Waals surface area contributed by atoms with Gasteiger partial charge in [-0.15, -0.1) is 0 Å². The van der Waals surface area contributed by atoms with Crippen LogP contribution in [0.5, 0.6) is 0 Å². The molecular weight excluding hydrogens is 248 g/mol. The Bertz CT molecular complexity index is 538. The Morgan fingerprint density at radius 2 is 1.85 bits per heavy atom. The Hall–Kier alpha value is -1.94. The summed E-state index contributed by atoms with van der Waals surface area (Å²) in [6.45, 7) is 2.84. The van der Waals surface area contributed by atoms with E-state index in [4.69, 9.17) is 5.73 Å². The molecule has 1 aromatic heterocycles. The number of rotatable bonds is 4. The fraction of sp³-hybridized carbons (Fsp3) is 0.375. The van der Waals surface area contributed by atoms with Gasteiger partial charge in [-0.3, -0.25) is 0 Å². The molecule has 1 saturated heterocycles. The molecule has 0 bridgehead atoms. The molecule has 20 heavy (non-hydrogen) atoms. The van der Waals surface area contributed by atoms with Crippen molar-refractivity contribution in [1.29, 1.82) is 0 Å². The van der Waals surface area contributed by atoms with Crippen molar-refractivity contribution in [3.63, 3.8) is 0 Å². The molecule has 1 atom stereocenters. The fourth-order valence-corrected chi connectivity index (χ4v) is 2.75. The van der Waals surface area contributed by atoms with Crippen LogP contribution < -0.4 is 10.6 Å². The van der Waals surface area contributed by atoms with Gasteiger partial charge in [0, 0.05) is 31.0 Å². The summed E-state index contributed by atoms with van der Waals surface area (Å²) in [5.41, 5.74) is 7.84. The minimum absolute atomic E-state index is 0.692. The molecule has 0 radical (unpaired) electrons. The minimum atomic E-state index is 0.692. The predicted molar refractivity (Wildman–Crippen MR) is 81.5 cm³/mol. The van der Waals surface area contributed by atoms with Crippen LogP contribution in [0.3, 0.4) is 0 Å². The Balaban J connectivity index is 1.71. The van der Waals surface area contributed by atoms with Gasteiger partial charge in [-0.25, -0.2) is 9.97 Å². The fourth-order valence-electron chi connectivity index (χ4n) is 2.75. The van der Waals surface area contributed by atoms with Crippen LogP contribution >= 0.6 is 0 Å². The van der Waals surface area contributed by atoms with E-state index < -0.39 is 0 Å². The highest BCUT2D eigenvalue weighted by Crippen LogP contribution is 2.24. The lowest BCUT2D eigenvalue weighted by Gasteiger charge is -2.16. The van der Waals surface area contributed by atoms with Crippen molar-refractivity contribution in [3.05, 3.63) is 42.7 Å². The molecule has 2 N–H and O–H groups in total. The third kappa shape index (κ3) is 2.80. The number of nitrogens with two attached hydrogens (primary N) is 1. The van der Waals surface area contributed by atoms with E-state index >= 15 is 0 Å². The molecule has 4 heteroatoms. The highest BCUT2D eigenvalue weighted by atomic mass is 15.3. The van der Waals surface area contributed by atoms with Gasteiger partial charge in [0.2, 0.25) is 5.95 Å². The summed E-state index contributed by atoms with van der Waals surface area (Å²) in [6, 6.07) is 10.2. The number of aromatic nitrogens is 2. The van der Waals surface area contributed by atoms with E-state index in [0.717, 1.165) is 43.1 Å². The predicted octanol–water partition coefficient (Wildman–Crippen LogP) is 2.32. The van der Waals surface area contributed by atoms with Crippen LogP contribution in [-0.4, -0.2) is 29.6 Å². The summed E-state index contributed by atoms with van der Waals surface area (Å²) in [5.74, 6) is 1.53. The van der Waals surface area contributed by atoms with E-state index in [-0.39, 0.29) is 0 Å². The van der Waals surface area contributed by atoms with Crippen molar-refractivity contribution in [1.82, 2.24) is 9.97 Å². The van der Waals surface area contributed by atoms with Gasteiger partial charge >= 0.3 is 0 Å². The minimum Gasteiger partial charge on any atom is -0.341 e. The Labute approximate surface area is 119 Å². The van der Waals surface area contributed by atoms with Gasteiger partial charge in [0.25, 0.3) is 0 Å². The zero-order valence-corrected chi connectivity index (χ0v) is 11.6. The van der Waals surface area contributed by atoms with E-state index in [0.29, 0.717) is 5.92 Å². The molecule has 3 rings (SSSR count). The van der Waals surface area contributed by atoms with E-state index in [9.17, 15) is 0 Å². The first-order valence-corrected chi connectivity index (χ1v) is 7.19. The van der Waals surface area contributed by atoms with Gasteiger partial charge in [0.05, 0.1) is 0 Å². The number of benzene rings is 1. The van der Waals surface area contributed by atoms with E-state index in [1.165, 1.54) is 6.42 Å². The second kappa shape index (κ2) is 6.01. The van der Waals surface area contributed by atoms with Gasteiger partial charge in [0.15, 0.2) is 0 Å². The van der Waals surface area contributed by atoms with Crippen LogP contribution in [0.1, 0.15) is 12.8 Å². The summed E-state index contributed by atoms with van der Waals surface area (Å²) >= 11 is 0. The third-order valence-electron chi connectivity index (χ3n) is 3.89. The Kier molecular flexibility index (Phi) is 3.92. The summed E-state index contributed by atoms with van der Waals surface area (Å²) in [6.07, 6.45) is 6.11. The van der Waals surface area contributed by atoms with E-state index in [1.807, 2.05) is 30.6 Å². The summed E-state index contributed by atoms with van der Waals surface area (Å²) in [4.78, 5) is 11.3. The summed E-state index contributed by atoms with van der Waals surface area (Å²) in [5, 5.41) is 0. The molecule has 0 spiro atoms. The number of nitrogens with zero attached hydrogens (tertiary/aromatic N) is 3. The first-order chi connectivity index (χ1) is 9.86. The lowest BCUT2D eigenvalue weighted by Crippen LogP contribution is -2.22. The standard InChI is InChI=1S/C16H20N4/c17-8-6-13-7-9-20(12-13)16-18-10-15(11-19-16)14-4-2-1-3-5-14/h1-5,10-11,13H,6-9,12,17H2. The number of hydrogen-bond acceptors (Lipinski definition) is 4. The Morgan fingerprint density at radius 1 is 1.10 bits per heavy atom. The second-order valence-electron chi connectivity index (χ2n) is 5.32. The third-order valence-corrected chi connectivity index (χ3v) is 3.89. The monoisotopic (exact) mass is 268 g/mol. The molecule has 104 valence electrons. The lowest BCUT2D eigenvalue weighted by molar-refractivity contribution is 0.545. The van der Waals surface area contributed by atoms with Crippen molar-refractivity contribution in [2.24, 2.45) is 11.7 Å².